The van der Waals surface area contributed by atoms with Crippen LogP contribution in [0.25, 0.3) is 0 Å². The first-order valence-electron chi connectivity index (χ1n) is 9.70. The smallest absolute Gasteiger partial charge is 0.186 e. The van der Waals surface area contributed by atoms with Crippen molar-refractivity contribution in [1.82, 2.24) is 20.3 Å². The van der Waals surface area contributed by atoms with Gasteiger partial charge in [0.2, 0.25) is 0 Å². The van der Waals surface area contributed by atoms with Crippen molar-refractivity contribution >= 4 is 0 Å². The fourth-order valence-corrected chi connectivity index (χ4v) is 3.37. The standard InChI is InChI=1S/C17H30N4O7/c22-9-13-14(23)15(24)16(25)17(28-13)27-6-2-5-26-10-12-8-21(20-19-12)7-11-3-1-4-18-11/h8,11,13-18,22-25H,1-7,9-10H2. The Hall–Kier alpha value is -1.18. The molecule has 0 saturated carbocycles. The Labute approximate surface area is 163 Å². The molecule has 11 nitrogen and oxygen atoms in total. The van der Waals surface area contributed by atoms with Crippen molar-refractivity contribution in [3.05, 3.63) is 11.9 Å². The zero-order valence-corrected chi connectivity index (χ0v) is 15.8. The van der Waals surface area contributed by atoms with Gasteiger partial charge in [0.05, 0.1) is 32.6 Å². The van der Waals surface area contributed by atoms with Crippen molar-refractivity contribution in [3.63, 3.8) is 0 Å². The van der Waals surface area contributed by atoms with Crippen LogP contribution >= 0.6 is 0 Å². The Kier molecular flexibility index (Phi) is 8.11. The van der Waals surface area contributed by atoms with Gasteiger partial charge in [-0.05, 0) is 25.8 Å². The SMILES string of the molecule is OCC1OC(OCCCOCc2cn(CC3CCCN3)nn2)C(O)C(O)C1O. The molecule has 0 radical (unpaired) electrons. The summed E-state index contributed by atoms with van der Waals surface area (Å²) in [5, 5.41) is 50.1. The van der Waals surface area contributed by atoms with E-state index in [0.717, 1.165) is 25.2 Å². The van der Waals surface area contributed by atoms with E-state index in [-0.39, 0.29) is 6.61 Å². The molecule has 0 amide bonds. The lowest BCUT2D eigenvalue weighted by Gasteiger charge is -2.39. The molecule has 6 atom stereocenters. The van der Waals surface area contributed by atoms with Crippen LogP contribution in [0.15, 0.2) is 6.20 Å². The normalized spacial score (nSPS) is 33.4. The summed E-state index contributed by atoms with van der Waals surface area (Å²) < 4.78 is 18.0. The molecule has 0 aliphatic carbocycles. The molecule has 5 N–H and O–H groups in total. The van der Waals surface area contributed by atoms with Crippen LogP contribution in [0.4, 0.5) is 0 Å². The second-order valence-corrected chi connectivity index (χ2v) is 7.20. The number of ether oxygens (including phenoxy) is 3. The molecular formula is C17H30N4O7. The molecule has 28 heavy (non-hydrogen) atoms. The summed E-state index contributed by atoms with van der Waals surface area (Å²) in [4.78, 5) is 0. The van der Waals surface area contributed by atoms with Crippen LogP contribution in [0.2, 0.25) is 0 Å². The van der Waals surface area contributed by atoms with Gasteiger partial charge in [-0.15, -0.1) is 5.10 Å². The van der Waals surface area contributed by atoms with E-state index in [0.29, 0.717) is 25.7 Å². The Morgan fingerprint density at radius 3 is 2.82 bits per heavy atom. The lowest BCUT2D eigenvalue weighted by molar-refractivity contribution is -0.301. The largest absolute Gasteiger partial charge is 0.394 e. The van der Waals surface area contributed by atoms with Crippen molar-refractivity contribution in [2.45, 2.75) is 69.2 Å². The summed E-state index contributed by atoms with van der Waals surface area (Å²) in [6, 6.07) is 0.454. The van der Waals surface area contributed by atoms with Gasteiger partial charge in [0, 0.05) is 12.6 Å². The molecule has 1 aromatic heterocycles. The van der Waals surface area contributed by atoms with Gasteiger partial charge in [0.1, 0.15) is 30.1 Å². The predicted molar refractivity (Wildman–Crippen MR) is 95.0 cm³/mol. The summed E-state index contributed by atoms with van der Waals surface area (Å²) in [6.07, 6.45) is -1.53. The van der Waals surface area contributed by atoms with Crippen molar-refractivity contribution in [2.24, 2.45) is 0 Å². The predicted octanol–water partition coefficient (Wildman–Crippen LogP) is -2.25. The van der Waals surface area contributed by atoms with Gasteiger partial charge >= 0.3 is 0 Å². The number of aliphatic hydroxyl groups excluding tert-OH is 4. The summed E-state index contributed by atoms with van der Waals surface area (Å²) in [5.41, 5.74) is 0.757. The number of aliphatic hydroxyl groups is 4. The van der Waals surface area contributed by atoms with E-state index in [1.165, 1.54) is 6.42 Å². The average Bonchev–Trinajstić information content (AvgIpc) is 3.37. The number of hydrogen-bond acceptors (Lipinski definition) is 10. The third kappa shape index (κ3) is 5.67. The molecule has 1 aromatic rings. The lowest BCUT2D eigenvalue weighted by atomic mass is 9.99. The number of aromatic nitrogens is 3. The second kappa shape index (κ2) is 10.6. The molecule has 0 bridgehead atoms. The Morgan fingerprint density at radius 1 is 1.21 bits per heavy atom. The summed E-state index contributed by atoms with van der Waals surface area (Å²) in [6.45, 7) is 2.36. The van der Waals surface area contributed by atoms with Crippen molar-refractivity contribution in [3.8, 4) is 0 Å². The first kappa shape index (κ1) is 21.5. The lowest BCUT2D eigenvalue weighted by Crippen LogP contribution is -2.59. The monoisotopic (exact) mass is 402 g/mol. The molecular weight excluding hydrogens is 372 g/mol. The van der Waals surface area contributed by atoms with Crippen molar-refractivity contribution < 1.29 is 34.6 Å². The average molecular weight is 402 g/mol. The number of nitrogens with zero attached hydrogens (tertiary/aromatic N) is 3. The molecule has 6 unspecified atom stereocenters. The van der Waals surface area contributed by atoms with Gasteiger partial charge in [0.15, 0.2) is 6.29 Å². The molecule has 2 saturated heterocycles. The molecule has 2 aliphatic heterocycles. The third-order valence-electron chi connectivity index (χ3n) is 4.97. The number of rotatable bonds is 10. The van der Waals surface area contributed by atoms with Gasteiger partial charge in [-0.2, -0.15) is 0 Å². The van der Waals surface area contributed by atoms with E-state index >= 15 is 0 Å². The van der Waals surface area contributed by atoms with E-state index < -0.39 is 37.3 Å². The topological polar surface area (TPSA) is 151 Å². The maximum absolute atomic E-state index is 9.88. The van der Waals surface area contributed by atoms with Crippen LogP contribution in [0.1, 0.15) is 25.0 Å². The second-order valence-electron chi connectivity index (χ2n) is 7.20. The minimum atomic E-state index is -1.44. The zero-order valence-electron chi connectivity index (χ0n) is 15.8. The van der Waals surface area contributed by atoms with Crippen molar-refractivity contribution in [2.75, 3.05) is 26.4 Å². The van der Waals surface area contributed by atoms with Crippen LogP contribution in [0, 0.1) is 0 Å². The van der Waals surface area contributed by atoms with Crippen LogP contribution in [0.3, 0.4) is 0 Å². The fraction of sp³-hybridized carbons (Fsp3) is 0.882. The van der Waals surface area contributed by atoms with Crippen LogP contribution in [-0.4, -0.2) is 98.5 Å². The van der Waals surface area contributed by atoms with Crippen LogP contribution in [-0.2, 0) is 27.4 Å². The van der Waals surface area contributed by atoms with Gasteiger partial charge in [-0.3, -0.25) is 4.68 Å². The highest BCUT2D eigenvalue weighted by molar-refractivity contribution is 4.91. The van der Waals surface area contributed by atoms with Gasteiger partial charge in [0.25, 0.3) is 0 Å². The van der Waals surface area contributed by atoms with Crippen LogP contribution < -0.4 is 5.32 Å². The highest BCUT2D eigenvalue weighted by Gasteiger charge is 2.43. The molecule has 0 spiro atoms. The molecule has 11 heteroatoms. The Bertz CT molecular complexity index is 582. The molecule has 3 rings (SSSR count). The molecule has 2 aliphatic rings. The van der Waals surface area contributed by atoms with E-state index in [1.807, 2.05) is 10.9 Å². The summed E-state index contributed by atoms with van der Waals surface area (Å²) in [5.74, 6) is 0. The minimum Gasteiger partial charge on any atom is -0.394 e. The maximum Gasteiger partial charge on any atom is 0.186 e. The quantitative estimate of drug-likeness (QED) is 0.272. The molecule has 160 valence electrons. The molecule has 2 fully saturated rings. The van der Waals surface area contributed by atoms with Gasteiger partial charge in [-0.25, -0.2) is 0 Å². The highest BCUT2D eigenvalue weighted by Crippen LogP contribution is 2.22. The van der Waals surface area contributed by atoms with Gasteiger partial charge in [-0.1, -0.05) is 5.21 Å². The fourth-order valence-electron chi connectivity index (χ4n) is 3.37. The van der Waals surface area contributed by atoms with E-state index in [9.17, 15) is 15.3 Å². The number of hydrogen-bond donors (Lipinski definition) is 5. The zero-order chi connectivity index (χ0) is 19.9. The Morgan fingerprint density at radius 2 is 2.07 bits per heavy atom. The Balaban J connectivity index is 1.29. The molecule has 3 heterocycles. The van der Waals surface area contributed by atoms with E-state index in [2.05, 4.69) is 15.6 Å². The van der Waals surface area contributed by atoms with E-state index in [1.54, 1.807) is 0 Å². The first-order chi connectivity index (χ1) is 13.6. The first-order valence-corrected chi connectivity index (χ1v) is 9.70. The molecule has 0 aromatic carbocycles. The maximum atomic E-state index is 9.88. The summed E-state index contributed by atoms with van der Waals surface area (Å²) in [7, 11) is 0. The van der Waals surface area contributed by atoms with Crippen molar-refractivity contribution in [1.29, 1.82) is 0 Å². The number of nitrogens with one attached hydrogen (secondary N) is 1. The van der Waals surface area contributed by atoms with E-state index in [4.69, 9.17) is 19.3 Å². The third-order valence-corrected chi connectivity index (χ3v) is 4.97. The minimum absolute atomic E-state index is 0.225. The summed E-state index contributed by atoms with van der Waals surface area (Å²) >= 11 is 0. The van der Waals surface area contributed by atoms with Gasteiger partial charge < -0.3 is 40.0 Å². The highest BCUT2D eigenvalue weighted by atomic mass is 16.7. The van der Waals surface area contributed by atoms with Crippen LogP contribution in [0.5, 0.6) is 0 Å².